The van der Waals surface area contributed by atoms with Crippen LogP contribution in [-0.2, 0) is 4.79 Å². The van der Waals surface area contributed by atoms with Crippen molar-refractivity contribution in [3.05, 3.63) is 12.2 Å². The molecule has 1 saturated carbocycles. The zero-order valence-electron chi connectivity index (χ0n) is 7.23. The number of ketones is 1. The molecule has 1 atom stereocenters. The molecule has 0 aliphatic heterocycles. The van der Waals surface area contributed by atoms with Gasteiger partial charge in [-0.05, 0) is 32.1 Å². The third kappa shape index (κ3) is 2.87. The van der Waals surface area contributed by atoms with Crippen LogP contribution in [-0.4, -0.2) is 5.78 Å². The Kier molecular flexibility index (Phi) is 2.86. The Morgan fingerprint density at radius 3 is 3.00 bits per heavy atom. The Bertz CT molecular complexity index is 168. The minimum Gasteiger partial charge on any atom is -0.300 e. The van der Waals surface area contributed by atoms with Gasteiger partial charge < -0.3 is 0 Å². The summed E-state index contributed by atoms with van der Waals surface area (Å²) in [5.74, 6) is 1.05. The van der Waals surface area contributed by atoms with E-state index in [1.807, 2.05) is 6.92 Å². The minimum atomic E-state index is 0.447. The number of allylic oxidation sites excluding steroid dienone is 1. The van der Waals surface area contributed by atoms with Gasteiger partial charge in [0, 0.05) is 12.8 Å². The number of hydrogen-bond donors (Lipinski definition) is 0. The predicted octanol–water partition coefficient (Wildman–Crippen LogP) is 2.71. The first-order chi connectivity index (χ1) is 5.18. The molecule has 1 fully saturated rings. The molecule has 0 aromatic rings. The van der Waals surface area contributed by atoms with Gasteiger partial charge in [0.15, 0.2) is 0 Å². The van der Waals surface area contributed by atoms with E-state index in [1.54, 1.807) is 0 Å². The Balaban J connectivity index is 2.34. The fourth-order valence-corrected chi connectivity index (χ4v) is 1.78. The third-order valence-corrected chi connectivity index (χ3v) is 2.22. The molecule has 11 heavy (non-hydrogen) atoms. The first kappa shape index (κ1) is 8.51. The van der Waals surface area contributed by atoms with Crippen LogP contribution in [0, 0.1) is 5.92 Å². The average Bonchev–Trinajstić information content (AvgIpc) is 1.85. The van der Waals surface area contributed by atoms with Crippen LogP contribution >= 0.6 is 0 Å². The zero-order valence-corrected chi connectivity index (χ0v) is 7.23. The van der Waals surface area contributed by atoms with Crippen molar-refractivity contribution in [1.29, 1.82) is 0 Å². The van der Waals surface area contributed by atoms with Crippen molar-refractivity contribution in [3.8, 4) is 0 Å². The Morgan fingerprint density at radius 1 is 1.73 bits per heavy atom. The Morgan fingerprint density at radius 2 is 2.45 bits per heavy atom. The predicted molar refractivity (Wildman–Crippen MR) is 46.4 cm³/mol. The van der Waals surface area contributed by atoms with Crippen molar-refractivity contribution in [3.63, 3.8) is 0 Å². The van der Waals surface area contributed by atoms with E-state index in [9.17, 15) is 4.79 Å². The Labute approximate surface area is 68.5 Å². The largest absolute Gasteiger partial charge is 0.300 e. The van der Waals surface area contributed by atoms with E-state index in [0.29, 0.717) is 11.7 Å². The molecule has 0 saturated heterocycles. The molecule has 1 aliphatic rings. The van der Waals surface area contributed by atoms with Crippen molar-refractivity contribution >= 4 is 5.78 Å². The summed E-state index contributed by atoms with van der Waals surface area (Å²) in [6, 6.07) is 0. The maximum Gasteiger partial charge on any atom is 0.133 e. The molecule has 0 unspecified atom stereocenters. The lowest BCUT2D eigenvalue weighted by Gasteiger charge is -2.20. The fraction of sp³-hybridized carbons (Fsp3) is 0.700. The summed E-state index contributed by atoms with van der Waals surface area (Å²) in [5.41, 5.74) is 1.21. The van der Waals surface area contributed by atoms with E-state index >= 15 is 0 Å². The lowest BCUT2D eigenvalue weighted by molar-refractivity contribution is -0.121. The second-order valence-electron chi connectivity index (χ2n) is 3.66. The highest BCUT2D eigenvalue weighted by Gasteiger charge is 2.18. The highest BCUT2D eigenvalue weighted by molar-refractivity contribution is 5.79. The standard InChI is InChI=1S/C10H16O/c1-8(2)6-9-4-3-5-10(11)7-9/h9H,1,3-7H2,2H3/t9-/m1/s1. The molecule has 0 amide bonds. The molecule has 1 aliphatic carbocycles. The van der Waals surface area contributed by atoms with Crippen molar-refractivity contribution in [2.24, 2.45) is 5.92 Å². The van der Waals surface area contributed by atoms with Crippen molar-refractivity contribution in [2.75, 3.05) is 0 Å². The monoisotopic (exact) mass is 152 g/mol. The summed E-state index contributed by atoms with van der Waals surface area (Å²) in [4.78, 5) is 11.0. The summed E-state index contributed by atoms with van der Waals surface area (Å²) in [6.07, 6.45) is 4.97. The van der Waals surface area contributed by atoms with Gasteiger partial charge in [-0.3, -0.25) is 4.79 Å². The molecule has 1 rings (SSSR count). The molecule has 0 aromatic heterocycles. The SMILES string of the molecule is C=C(C)C[C@H]1CCCC(=O)C1. The topological polar surface area (TPSA) is 17.1 Å². The van der Waals surface area contributed by atoms with E-state index in [2.05, 4.69) is 6.58 Å². The highest BCUT2D eigenvalue weighted by Crippen LogP contribution is 2.26. The van der Waals surface area contributed by atoms with Crippen LogP contribution in [0.5, 0.6) is 0 Å². The third-order valence-electron chi connectivity index (χ3n) is 2.22. The van der Waals surface area contributed by atoms with Gasteiger partial charge in [0.05, 0.1) is 0 Å². The van der Waals surface area contributed by atoms with Gasteiger partial charge in [-0.25, -0.2) is 0 Å². The van der Waals surface area contributed by atoms with E-state index in [4.69, 9.17) is 0 Å². The molecule has 0 N–H and O–H groups in total. The van der Waals surface area contributed by atoms with Crippen LogP contribution in [0.3, 0.4) is 0 Å². The zero-order chi connectivity index (χ0) is 8.27. The van der Waals surface area contributed by atoms with Gasteiger partial charge >= 0.3 is 0 Å². The molecule has 0 radical (unpaired) electrons. The number of rotatable bonds is 2. The van der Waals surface area contributed by atoms with Crippen molar-refractivity contribution in [2.45, 2.75) is 39.0 Å². The molecular weight excluding hydrogens is 136 g/mol. The van der Waals surface area contributed by atoms with Crippen LogP contribution in [0.1, 0.15) is 39.0 Å². The van der Waals surface area contributed by atoms with Crippen LogP contribution < -0.4 is 0 Å². The summed E-state index contributed by atoms with van der Waals surface area (Å²) in [7, 11) is 0. The van der Waals surface area contributed by atoms with Gasteiger partial charge in [0.2, 0.25) is 0 Å². The number of Topliss-reactive ketones (excluding diaryl/α,β-unsaturated/α-hetero) is 1. The average molecular weight is 152 g/mol. The Hall–Kier alpha value is -0.590. The number of carbonyl (C=O) groups excluding carboxylic acids is 1. The van der Waals surface area contributed by atoms with Gasteiger partial charge in [-0.1, -0.05) is 5.57 Å². The summed E-state index contributed by atoms with van der Waals surface area (Å²) in [5, 5.41) is 0. The smallest absolute Gasteiger partial charge is 0.133 e. The van der Waals surface area contributed by atoms with Gasteiger partial charge in [-0.15, -0.1) is 6.58 Å². The first-order valence-corrected chi connectivity index (χ1v) is 4.34. The number of carbonyl (C=O) groups is 1. The quantitative estimate of drug-likeness (QED) is 0.556. The molecule has 0 aromatic carbocycles. The van der Waals surface area contributed by atoms with E-state index in [1.165, 1.54) is 12.0 Å². The van der Waals surface area contributed by atoms with Crippen LogP contribution in [0.2, 0.25) is 0 Å². The van der Waals surface area contributed by atoms with Crippen LogP contribution in [0.15, 0.2) is 12.2 Å². The van der Waals surface area contributed by atoms with Gasteiger partial charge in [0.1, 0.15) is 5.78 Å². The lowest BCUT2D eigenvalue weighted by Crippen LogP contribution is -2.14. The van der Waals surface area contributed by atoms with Gasteiger partial charge in [-0.2, -0.15) is 0 Å². The van der Waals surface area contributed by atoms with E-state index < -0.39 is 0 Å². The van der Waals surface area contributed by atoms with Crippen LogP contribution in [0.4, 0.5) is 0 Å². The fourth-order valence-electron chi connectivity index (χ4n) is 1.78. The summed E-state index contributed by atoms with van der Waals surface area (Å²) < 4.78 is 0. The molecule has 0 spiro atoms. The molecule has 0 heterocycles. The first-order valence-electron chi connectivity index (χ1n) is 4.34. The number of hydrogen-bond acceptors (Lipinski definition) is 1. The molecular formula is C10H16O. The van der Waals surface area contributed by atoms with Crippen LogP contribution in [0.25, 0.3) is 0 Å². The normalized spacial score (nSPS) is 25.2. The van der Waals surface area contributed by atoms with E-state index in [0.717, 1.165) is 25.7 Å². The summed E-state index contributed by atoms with van der Waals surface area (Å²) >= 11 is 0. The van der Waals surface area contributed by atoms with Gasteiger partial charge in [0.25, 0.3) is 0 Å². The molecule has 1 nitrogen and oxygen atoms in total. The highest BCUT2D eigenvalue weighted by atomic mass is 16.1. The van der Waals surface area contributed by atoms with E-state index in [-0.39, 0.29) is 0 Å². The van der Waals surface area contributed by atoms with Crippen molar-refractivity contribution in [1.82, 2.24) is 0 Å². The minimum absolute atomic E-state index is 0.447. The molecule has 62 valence electrons. The van der Waals surface area contributed by atoms with Crippen molar-refractivity contribution < 1.29 is 4.79 Å². The lowest BCUT2D eigenvalue weighted by atomic mass is 9.84. The summed E-state index contributed by atoms with van der Waals surface area (Å²) in [6.45, 7) is 5.90. The molecule has 0 bridgehead atoms. The molecule has 1 heteroatoms. The second-order valence-corrected chi connectivity index (χ2v) is 3.66. The second kappa shape index (κ2) is 3.70. The maximum absolute atomic E-state index is 11.0. The maximum atomic E-state index is 11.0.